The Morgan fingerprint density at radius 2 is 2.00 bits per heavy atom. The summed E-state index contributed by atoms with van der Waals surface area (Å²) in [7, 11) is 0. The average Bonchev–Trinajstić information content (AvgIpc) is 2.45. The van der Waals surface area contributed by atoms with Gasteiger partial charge in [0.2, 0.25) is 0 Å². The predicted octanol–water partition coefficient (Wildman–Crippen LogP) is 3.77. The standard InChI is InChI=1S/C18H36N2/c1-5-20(13-16-7-6-10-19-12-16)18-11-15(4)8-9-17(18)14(2)3/h14-19H,5-13H2,1-4H3. The molecule has 1 heterocycles. The molecular formula is C18H36N2. The van der Waals surface area contributed by atoms with Crippen LogP contribution in [0.4, 0.5) is 0 Å². The lowest BCUT2D eigenvalue weighted by Gasteiger charge is -2.45. The molecule has 1 saturated heterocycles. The van der Waals surface area contributed by atoms with Crippen LogP contribution in [0, 0.1) is 23.7 Å². The van der Waals surface area contributed by atoms with Gasteiger partial charge in [-0.25, -0.2) is 0 Å². The van der Waals surface area contributed by atoms with E-state index in [0.717, 1.165) is 29.7 Å². The quantitative estimate of drug-likeness (QED) is 0.824. The van der Waals surface area contributed by atoms with Crippen LogP contribution in [0.1, 0.15) is 59.8 Å². The van der Waals surface area contributed by atoms with Gasteiger partial charge in [0, 0.05) is 12.6 Å². The number of hydrogen-bond donors (Lipinski definition) is 1. The van der Waals surface area contributed by atoms with Gasteiger partial charge in [-0.1, -0.05) is 34.1 Å². The van der Waals surface area contributed by atoms with Crippen molar-refractivity contribution in [2.75, 3.05) is 26.2 Å². The zero-order valence-corrected chi connectivity index (χ0v) is 14.2. The fourth-order valence-electron chi connectivity index (χ4n) is 4.48. The van der Waals surface area contributed by atoms with Crippen LogP contribution >= 0.6 is 0 Å². The van der Waals surface area contributed by atoms with E-state index >= 15 is 0 Å². The summed E-state index contributed by atoms with van der Waals surface area (Å²) in [6, 6.07) is 0.839. The third-order valence-corrected chi connectivity index (χ3v) is 5.75. The maximum absolute atomic E-state index is 3.58. The summed E-state index contributed by atoms with van der Waals surface area (Å²) >= 11 is 0. The van der Waals surface area contributed by atoms with Gasteiger partial charge in [0.15, 0.2) is 0 Å². The van der Waals surface area contributed by atoms with Crippen LogP contribution in [-0.2, 0) is 0 Å². The van der Waals surface area contributed by atoms with Crippen LogP contribution in [0.15, 0.2) is 0 Å². The van der Waals surface area contributed by atoms with Gasteiger partial charge in [0.25, 0.3) is 0 Å². The van der Waals surface area contributed by atoms with E-state index < -0.39 is 0 Å². The topological polar surface area (TPSA) is 15.3 Å². The van der Waals surface area contributed by atoms with Gasteiger partial charge in [-0.05, 0) is 69.0 Å². The Morgan fingerprint density at radius 1 is 1.20 bits per heavy atom. The van der Waals surface area contributed by atoms with Gasteiger partial charge in [0.1, 0.15) is 0 Å². The maximum Gasteiger partial charge on any atom is 0.0128 e. The van der Waals surface area contributed by atoms with Crippen LogP contribution in [-0.4, -0.2) is 37.1 Å². The van der Waals surface area contributed by atoms with Crippen molar-refractivity contribution < 1.29 is 0 Å². The number of piperidine rings is 1. The van der Waals surface area contributed by atoms with E-state index in [1.165, 1.54) is 58.3 Å². The highest BCUT2D eigenvalue weighted by Gasteiger charge is 2.34. The highest BCUT2D eigenvalue weighted by Crippen LogP contribution is 2.36. The Kier molecular flexibility index (Phi) is 6.35. The van der Waals surface area contributed by atoms with Crippen LogP contribution < -0.4 is 5.32 Å². The van der Waals surface area contributed by atoms with Crippen molar-refractivity contribution in [1.29, 1.82) is 0 Å². The van der Waals surface area contributed by atoms with Crippen molar-refractivity contribution in [2.24, 2.45) is 23.7 Å². The Hall–Kier alpha value is -0.0800. The smallest absolute Gasteiger partial charge is 0.0128 e. The molecule has 20 heavy (non-hydrogen) atoms. The molecular weight excluding hydrogens is 244 g/mol. The minimum absolute atomic E-state index is 0.839. The molecule has 0 radical (unpaired) electrons. The summed E-state index contributed by atoms with van der Waals surface area (Å²) in [5.74, 6) is 3.57. The molecule has 4 unspecified atom stereocenters. The van der Waals surface area contributed by atoms with Gasteiger partial charge in [-0.15, -0.1) is 0 Å². The molecule has 0 spiro atoms. The van der Waals surface area contributed by atoms with E-state index in [4.69, 9.17) is 0 Å². The maximum atomic E-state index is 3.58. The third kappa shape index (κ3) is 4.21. The summed E-state index contributed by atoms with van der Waals surface area (Å²) in [6.45, 7) is 14.7. The fraction of sp³-hybridized carbons (Fsp3) is 1.00. The first kappa shape index (κ1) is 16.3. The SMILES string of the molecule is CCN(CC1CCCNC1)C1CC(C)CCC1C(C)C. The molecule has 1 aliphatic carbocycles. The largest absolute Gasteiger partial charge is 0.316 e. The Balaban J connectivity index is 1.98. The Morgan fingerprint density at radius 3 is 2.60 bits per heavy atom. The minimum atomic E-state index is 0.839. The van der Waals surface area contributed by atoms with E-state index in [9.17, 15) is 0 Å². The molecule has 2 fully saturated rings. The molecule has 0 bridgehead atoms. The van der Waals surface area contributed by atoms with E-state index in [1.54, 1.807) is 0 Å². The summed E-state index contributed by atoms with van der Waals surface area (Å²) < 4.78 is 0. The van der Waals surface area contributed by atoms with Gasteiger partial charge < -0.3 is 10.2 Å². The lowest BCUT2D eigenvalue weighted by Crippen LogP contribution is -2.49. The highest BCUT2D eigenvalue weighted by molar-refractivity contribution is 4.88. The highest BCUT2D eigenvalue weighted by atomic mass is 15.2. The van der Waals surface area contributed by atoms with Gasteiger partial charge >= 0.3 is 0 Å². The van der Waals surface area contributed by atoms with Crippen molar-refractivity contribution in [1.82, 2.24) is 10.2 Å². The van der Waals surface area contributed by atoms with E-state index in [0.29, 0.717) is 0 Å². The summed E-state index contributed by atoms with van der Waals surface area (Å²) in [5.41, 5.74) is 0. The lowest BCUT2D eigenvalue weighted by atomic mass is 9.73. The number of nitrogens with zero attached hydrogens (tertiary/aromatic N) is 1. The first-order chi connectivity index (χ1) is 9.61. The first-order valence-corrected chi connectivity index (χ1v) is 9.06. The molecule has 0 aromatic heterocycles. The molecule has 4 atom stereocenters. The molecule has 2 aliphatic rings. The Labute approximate surface area is 126 Å². The molecule has 2 rings (SSSR count). The molecule has 118 valence electrons. The minimum Gasteiger partial charge on any atom is -0.316 e. The second kappa shape index (κ2) is 7.79. The van der Waals surface area contributed by atoms with Crippen molar-refractivity contribution in [3.8, 4) is 0 Å². The molecule has 1 aliphatic heterocycles. The second-order valence-corrected chi connectivity index (χ2v) is 7.69. The molecule has 1 N–H and O–H groups in total. The van der Waals surface area contributed by atoms with Crippen LogP contribution in [0.2, 0.25) is 0 Å². The predicted molar refractivity (Wildman–Crippen MR) is 88.0 cm³/mol. The zero-order chi connectivity index (χ0) is 14.5. The Bertz CT molecular complexity index is 271. The van der Waals surface area contributed by atoms with Gasteiger partial charge in [-0.3, -0.25) is 0 Å². The van der Waals surface area contributed by atoms with Gasteiger partial charge in [-0.2, -0.15) is 0 Å². The van der Waals surface area contributed by atoms with E-state index in [2.05, 4.69) is 37.9 Å². The van der Waals surface area contributed by atoms with Crippen molar-refractivity contribution in [3.63, 3.8) is 0 Å². The van der Waals surface area contributed by atoms with Crippen molar-refractivity contribution in [2.45, 2.75) is 65.8 Å². The molecule has 0 aromatic rings. The lowest BCUT2D eigenvalue weighted by molar-refractivity contribution is 0.0487. The first-order valence-electron chi connectivity index (χ1n) is 9.06. The molecule has 0 amide bonds. The summed E-state index contributed by atoms with van der Waals surface area (Å²) in [5, 5.41) is 3.58. The number of rotatable bonds is 5. The normalized spacial score (nSPS) is 35.7. The van der Waals surface area contributed by atoms with Crippen molar-refractivity contribution >= 4 is 0 Å². The summed E-state index contributed by atoms with van der Waals surface area (Å²) in [4.78, 5) is 2.83. The van der Waals surface area contributed by atoms with E-state index in [1.807, 2.05) is 0 Å². The van der Waals surface area contributed by atoms with Gasteiger partial charge in [0.05, 0.1) is 0 Å². The average molecular weight is 280 g/mol. The zero-order valence-electron chi connectivity index (χ0n) is 14.2. The van der Waals surface area contributed by atoms with E-state index in [-0.39, 0.29) is 0 Å². The monoisotopic (exact) mass is 280 g/mol. The second-order valence-electron chi connectivity index (χ2n) is 7.69. The summed E-state index contributed by atoms with van der Waals surface area (Å²) in [6.07, 6.45) is 7.12. The van der Waals surface area contributed by atoms with Crippen LogP contribution in [0.25, 0.3) is 0 Å². The molecule has 2 nitrogen and oxygen atoms in total. The third-order valence-electron chi connectivity index (χ3n) is 5.75. The molecule has 1 saturated carbocycles. The molecule has 0 aromatic carbocycles. The van der Waals surface area contributed by atoms with Crippen LogP contribution in [0.3, 0.4) is 0 Å². The van der Waals surface area contributed by atoms with Crippen LogP contribution in [0.5, 0.6) is 0 Å². The number of hydrogen-bond acceptors (Lipinski definition) is 2. The molecule has 2 heteroatoms. The van der Waals surface area contributed by atoms with Crippen molar-refractivity contribution in [3.05, 3.63) is 0 Å². The number of nitrogens with one attached hydrogen (secondary N) is 1. The fourth-order valence-corrected chi connectivity index (χ4v) is 4.48.